The molecule has 0 radical (unpaired) electrons. The molecule has 0 unspecified atom stereocenters. The van der Waals surface area contributed by atoms with E-state index >= 15 is 0 Å². The summed E-state index contributed by atoms with van der Waals surface area (Å²) in [7, 11) is 0. The van der Waals surface area contributed by atoms with Gasteiger partial charge >= 0.3 is 11.9 Å². The van der Waals surface area contributed by atoms with Crippen molar-refractivity contribution < 1.29 is 29.3 Å². The highest BCUT2D eigenvalue weighted by molar-refractivity contribution is 5.95. The van der Waals surface area contributed by atoms with Crippen molar-refractivity contribution in [1.29, 1.82) is 0 Å². The second-order valence-electron chi connectivity index (χ2n) is 7.32. The summed E-state index contributed by atoms with van der Waals surface area (Å²) >= 11 is 0. The third-order valence-corrected chi connectivity index (χ3v) is 5.00. The molecular formula is C26H32N2O6. The smallest absolute Gasteiger partial charge is 0.355 e. The van der Waals surface area contributed by atoms with Crippen LogP contribution in [0.3, 0.4) is 0 Å². The van der Waals surface area contributed by atoms with Crippen LogP contribution in [0, 0.1) is 23.7 Å². The fraction of sp³-hybridized carbons (Fsp3) is 0.462. The number of hydrogen-bond donors (Lipinski definition) is 4. The molecule has 34 heavy (non-hydrogen) atoms. The van der Waals surface area contributed by atoms with Crippen molar-refractivity contribution in [1.82, 2.24) is 9.97 Å². The molecule has 2 aromatic heterocycles. The van der Waals surface area contributed by atoms with E-state index in [9.17, 15) is 19.8 Å². The van der Waals surface area contributed by atoms with Crippen LogP contribution >= 0.6 is 0 Å². The van der Waals surface area contributed by atoms with Gasteiger partial charge in [-0.2, -0.15) is 0 Å². The van der Waals surface area contributed by atoms with Crippen LogP contribution in [0.1, 0.15) is 83.8 Å². The molecule has 8 nitrogen and oxygen atoms in total. The monoisotopic (exact) mass is 468 g/mol. The summed E-state index contributed by atoms with van der Waals surface area (Å²) in [5.74, 6) is 10.2. The molecule has 0 aromatic carbocycles. The van der Waals surface area contributed by atoms with Gasteiger partial charge in [-0.25, -0.2) is 9.59 Å². The van der Waals surface area contributed by atoms with E-state index < -0.39 is 11.9 Å². The SMILES string of the molecule is CCCc1c(C(=O)OCC)[nH]c(-c2[nH]c(C(=O)OCC)c(CCC)c2C#CCO)c1C#CCO. The van der Waals surface area contributed by atoms with Crippen molar-refractivity contribution in [2.75, 3.05) is 26.4 Å². The summed E-state index contributed by atoms with van der Waals surface area (Å²) in [6.45, 7) is 7.11. The first-order valence-electron chi connectivity index (χ1n) is 11.5. The predicted octanol–water partition coefficient (Wildman–Crippen LogP) is 2.96. The third kappa shape index (κ3) is 5.91. The first-order valence-corrected chi connectivity index (χ1v) is 11.5. The van der Waals surface area contributed by atoms with Gasteiger partial charge < -0.3 is 29.7 Å². The van der Waals surface area contributed by atoms with Crippen LogP contribution in [0.5, 0.6) is 0 Å². The molecule has 182 valence electrons. The van der Waals surface area contributed by atoms with Crippen LogP contribution < -0.4 is 0 Å². The lowest BCUT2D eigenvalue weighted by atomic mass is 9.99. The van der Waals surface area contributed by atoms with Gasteiger partial charge in [0.1, 0.15) is 24.6 Å². The molecule has 0 aliphatic heterocycles. The molecule has 0 atom stereocenters. The van der Waals surface area contributed by atoms with Gasteiger partial charge in [-0.3, -0.25) is 0 Å². The Morgan fingerprint density at radius 1 is 0.735 bits per heavy atom. The number of aromatic amines is 2. The van der Waals surface area contributed by atoms with Crippen molar-refractivity contribution >= 4 is 11.9 Å². The lowest BCUT2D eigenvalue weighted by molar-refractivity contribution is 0.0509. The maximum Gasteiger partial charge on any atom is 0.355 e. The van der Waals surface area contributed by atoms with E-state index in [1.165, 1.54) is 0 Å². The Morgan fingerprint density at radius 3 is 1.41 bits per heavy atom. The first-order chi connectivity index (χ1) is 16.5. The van der Waals surface area contributed by atoms with Crippen LogP contribution in [0.4, 0.5) is 0 Å². The Bertz CT molecular complexity index is 1040. The number of esters is 2. The van der Waals surface area contributed by atoms with Gasteiger partial charge in [-0.15, -0.1) is 0 Å². The largest absolute Gasteiger partial charge is 0.461 e. The van der Waals surface area contributed by atoms with Crippen LogP contribution in [0.25, 0.3) is 11.4 Å². The van der Waals surface area contributed by atoms with Gasteiger partial charge in [-0.1, -0.05) is 50.4 Å². The molecule has 0 aliphatic rings. The van der Waals surface area contributed by atoms with E-state index in [0.29, 0.717) is 46.5 Å². The van der Waals surface area contributed by atoms with Gasteiger partial charge in [-0.05, 0) is 26.7 Å². The summed E-state index contributed by atoms with van der Waals surface area (Å²) in [6.07, 6.45) is 2.58. The number of carbonyl (C=O) groups excluding carboxylic acids is 2. The Kier molecular flexibility index (Phi) is 10.5. The highest BCUT2D eigenvalue weighted by atomic mass is 16.5. The Hall–Kier alpha value is -3.46. The Labute approximate surface area is 200 Å². The topological polar surface area (TPSA) is 125 Å². The van der Waals surface area contributed by atoms with E-state index in [1.807, 2.05) is 13.8 Å². The zero-order valence-electron chi connectivity index (χ0n) is 20.2. The summed E-state index contributed by atoms with van der Waals surface area (Å²) < 4.78 is 10.5. The summed E-state index contributed by atoms with van der Waals surface area (Å²) in [5.41, 5.74) is 3.84. The second-order valence-corrected chi connectivity index (χ2v) is 7.32. The number of carbonyl (C=O) groups is 2. The zero-order chi connectivity index (χ0) is 25.1. The average Bonchev–Trinajstić information content (AvgIpc) is 3.35. The molecule has 2 heterocycles. The minimum Gasteiger partial charge on any atom is -0.461 e. The zero-order valence-corrected chi connectivity index (χ0v) is 20.2. The molecule has 0 spiro atoms. The quantitative estimate of drug-likeness (QED) is 0.331. The minimum absolute atomic E-state index is 0.208. The summed E-state index contributed by atoms with van der Waals surface area (Å²) in [5, 5.41) is 18.7. The predicted molar refractivity (Wildman–Crippen MR) is 128 cm³/mol. The number of ether oxygens (including phenoxy) is 2. The number of aromatic nitrogens is 2. The van der Waals surface area contributed by atoms with Gasteiger partial charge in [0.15, 0.2) is 0 Å². The van der Waals surface area contributed by atoms with Gasteiger partial charge in [0, 0.05) is 11.1 Å². The van der Waals surface area contributed by atoms with E-state index in [0.717, 1.165) is 12.8 Å². The third-order valence-electron chi connectivity index (χ3n) is 5.00. The molecular weight excluding hydrogens is 436 g/mol. The van der Waals surface area contributed by atoms with E-state index in [2.05, 4.69) is 33.6 Å². The van der Waals surface area contributed by atoms with Gasteiger partial charge in [0.2, 0.25) is 0 Å². The fourth-order valence-corrected chi connectivity index (χ4v) is 3.74. The lowest BCUT2D eigenvalue weighted by Gasteiger charge is -2.03. The molecule has 2 rings (SSSR count). The molecule has 4 N–H and O–H groups in total. The average molecular weight is 469 g/mol. The van der Waals surface area contributed by atoms with Crippen molar-refractivity contribution in [3.8, 4) is 35.1 Å². The van der Waals surface area contributed by atoms with Crippen molar-refractivity contribution in [3.63, 3.8) is 0 Å². The fourth-order valence-electron chi connectivity index (χ4n) is 3.74. The van der Waals surface area contributed by atoms with Crippen LogP contribution in [0.2, 0.25) is 0 Å². The van der Waals surface area contributed by atoms with Crippen LogP contribution in [-0.4, -0.2) is 58.5 Å². The Balaban J connectivity index is 2.94. The van der Waals surface area contributed by atoms with E-state index in [-0.39, 0.29) is 37.8 Å². The van der Waals surface area contributed by atoms with Crippen molar-refractivity contribution in [2.45, 2.75) is 53.4 Å². The van der Waals surface area contributed by atoms with Crippen LogP contribution in [0.15, 0.2) is 0 Å². The van der Waals surface area contributed by atoms with E-state index in [4.69, 9.17) is 9.47 Å². The van der Waals surface area contributed by atoms with Crippen molar-refractivity contribution in [2.24, 2.45) is 0 Å². The lowest BCUT2D eigenvalue weighted by Crippen LogP contribution is -2.08. The molecule has 0 bridgehead atoms. The van der Waals surface area contributed by atoms with Gasteiger partial charge in [0.05, 0.1) is 35.7 Å². The molecule has 0 aliphatic carbocycles. The number of hydrogen-bond acceptors (Lipinski definition) is 6. The minimum atomic E-state index is -0.516. The van der Waals surface area contributed by atoms with E-state index in [1.54, 1.807) is 13.8 Å². The first kappa shape index (κ1) is 26.8. The molecule has 0 fully saturated rings. The maximum absolute atomic E-state index is 12.7. The molecule has 8 heteroatoms. The molecule has 0 saturated carbocycles. The normalized spacial score (nSPS) is 10.2. The number of H-pyrrole nitrogens is 2. The standard InChI is InChI=1S/C26H32N2O6/c1-5-11-17-19(13-9-15-29)21(27-23(17)25(31)33-7-3)22-20(14-10-16-30)18(12-6-2)24(28-22)26(32)34-8-4/h27-30H,5-8,11-12,15-16H2,1-4H3. The number of nitrogens with one attached hydrogen (secondary N) is 2. The maximum atomic E-state index is 12.7. The number of rotatable bonds is 9. The summed E-state index contributed by atoms with van der Waals surface area (Å²) in [4.78, 5) is 31.8. The highest BCUT2D eigenvalue weighted by Gasteiger charge is 2.28. The number of aliphatic hydroxyl groups is 2. The molecule has 2 aromatic rings. The molecule has 0 amide bonds. The Morgan fingerprint density at radius 2 is 1.12 bits per heavy atom. The number of aliphatic hydroxyl groups excluding tert-OH is 2. The second kappa shape index (κ2) is 13.3. The summed E-state index contributed by atoms with van der Waals surface area (Å²) in [6, 6.07) is 0. The highest BCUT2D eigenvalue weighted by Crippen LogP contribution is 2.34. The van der Waals surface area contributed by atoms with Crippen molar-refractivity contribution in [3.05, 3.63) is 33.6 Å². The van der Waals surface area contributed by atoms with Gasteiger partial charge in [0.25, 0.3) is 0 Å². The van der Waals surface area contributed by atoms with Crippen LogP contribution in [-0.2, 0) is 22.3 Å². The molecule has 0 saturated heterocycles.